The van der Waals surface area contributed by atoms with Crippen molar-refractivity contribution < 1.29 is 0 Å². The Labute approximate surface area is 110 Å². The molecule has 19 heavy (non-hydrogen) atoms. The van der Waals surface area contributed by atoms with Gasteiger partial charge >= 0.3 is 0 Å². The van der Waals surface area contributed by atoms with E-state index in [4.69, 9.17) is 0 Å². The second-order valence-corrected chi connectivity index (χ2v) is 4.77. The van der Waals surface area contributed by atoms with E-state index in [1.807, 2.05) is 49.9 Å². The molecule has 0 saturated carbocycles. The van der Waals surface area contributed by atoms with E-state index in [-0.39, 0.29) is 5.56 Å². The first-order chi connectivity index (χ1) is 9.11. The van der Waals surface area contributed by atoms with Gasteiger partial charge in [-0.25, -0.2) is 4.98 Å². The van der Waals surface area contributed by atoms with E-state index in [9.17, 15) is 4.79 Å². The maximum absolute atomic E-state index is 12.3. The number of imidazole rings is 1. The van der Waals surface area contributed by atoms with Crippen LogP contribution < -0.4 is 5.56 Å². The SMILES string of the molecule is Cc1c(-c2cncn2C)c2ccccc2n(C)c1=O. The molecule has 0 aliphatic rings. The fourth-order valence-electron chi connectivity index (χ4n) is 2.58. The molecule has 3 rings (SSSR count). The van der Waals surface area contributed by atoms with Gasteiger partial charge in [-0.2, -0.15) is 0 Å². The number of aryl methyl sites for hydroxylation is 2. The molecule has 0 radical (unpaired) electrons. The summed E-state index contributed by atoms with van der Waals surface area (Å²) in [5.74, 6) is 0. The molecule has 0 saturated heterocycles. The Morgan fingerprint density at radius 1 is 1.16 bits per heavy atom. The third kappa shape index (κ3) is 1.60. The van der Waals surface area contributed by atoms with Gasteiger partial charge in [-0.05, 0) is 13.0 Å². The number of pyridine rings is 1. The van der Waals surface area contributed by atoms with Crippen LogP contribution in [0.1, 0.15) is 5.56 Å². The fraction of sp³-hybridized carbons (Fsp3) is 0.200. The highest BCUT2D eigenvalue weighted by Crippen LogP contribution is 2.29. The Balaban J connectivity index is 2.55. The highest BCUT2D eigenvalue weighted by molar-refractivity contribution is 5.95. The lowest BCUT2D eigenvalue weighted by molar-refractivity contribution is 0.887. The smallest absolute Gasteiger partial charge is 0.254 e. The number of fused-ring (bicyclic) bond motifs is 1. The fourth-order valence-corrected chi connectivity index (χ4v) is 2.58. The van der Waals surface area contributed by atoms with Crippen LogP contribution in [-0.4, -0.2) is 14.1 Å². The summed E-state index contributed by atoms with van der Waals surface area (Å²) in [6, 6.07) is 7.95. The van der Waals surface area contributed by atoms with Crippen LogP contribution in [0.3, 0.4) is 0 Å². The first kappa shape index (κ1) is 11.7. The normalized spacial score (nSPS) is 11.1. The molecule has 0 fully saturated rings. The van der Waals surface area contributed by atoms with Gasteiger partial charge < -0.3 is 9.13 Å². The largest absolute Gasteiger partial charge is 0.334 e. The van der Waals surface area contributed by atoms with Crippen molar-refractivity contribution in [2.75, 3.05) is 0 Å². The lowest BCUT2D eigenvalue weighted by Gasteiger charge is -2.13. The third-order valence-corrected chi connectivity index (χ3v) is 3.61. The van der Waals surface area contributed by atoms with Gasteiger partial charge in [-0.3, -0.25) is 4.79 Å². The second kappa shape index (κ2) is 4.09. The maximum Gasteiger partial charge on any atom is 0.254 e. The predicted molar refractivity (Wildman–Crippen MR) is 76.1 cm³/mol. The lowest BCUT2D eigenvalue weighted by atomic mass is 10.0. The molecule has 3 aromatic rings. The van der Waals surface area contributed by atoms with Crippen LogP contribution in [0.2, 0.25) is 0 Å². The average Bonchev–Trinajstić information content (AvgIpc) is 2.83. The molecule has 0 amide bonds. The van der Waals surface area contributed by atoms with Gasteiger partial charge in [-0.1, -0.05) is 18.2 Å². The van der Waals surface area contributed by atoms with E-state index in [2.05, 4.69) is 4.98 Å². The molecule has 0 aliphatic heterocycles. The number of hydrogen-bond acceptors (Lipinski definition) is 2. The topological polar surface area (TPSA) is 39.8 Å². The van der Waals surface area contributed by atoms with Crippen molar-refractivity contribution in [1.29, 1.82) is 0 Å². The minimum absolute atomic E-state index is 0.0369. The molecular weight excluding hydrogens is 238 g/mol. The van der Waals surface area contributed by atoms with Gasteiger partial charge in [0.1, 0.15) is 0 Å². The summed E-state index contributed by atoms with van der Waals surface area (Å²) in [7, 11) is 3.75. The quantitative estimate of drug-likeness (QED) is 0.667. The monoisotopic (exact) mass is 253 g/mol. The first-order valence-corrected chi connectivity index (χ1v) is 6.16. The van der Waals surface area contributed by atoms with E-state index >= 15 is 0 Å². The number of hydrogen-bond donors (Lipinski definition) is 0. The molecule has 0 atom stereocenters. The maximum atomic E-state index is 12.3. The van der Waals surface area contributed by atoms with Crippen molar-refractivity contribution >= 4 is 10.9 Å². The summed E-state index contributed by atoms with van der Waals surface area (Å²) in [5.41, 5.74) is 3.67. The van der Waals surface area contributed by atoms with Crippen molar-refractivity contribution in [1.82, 2.24) is 14.1 Å². The highest BCUT2D eigenvalue weighted by atomic mass is 16.1. The third-order valence-electron chi connectivity index (χ3n) is 3.61. The summed E-state index contributed by atoms with van der Waals surface area (Å²) in [6.45, 7) is 1.87. The average molecular weight is 253 g/mol. The Hall–Kier alpha value is -2.36. The van der Waals surface area contributed by atoms with Crippen LogP contribution in [-0.2, 0) is 14.1 Å². The molecule has 0 spiro atoms. The molecule has 4 nitrogen and oxygen atoms in total. The van der Waals surface area contributed by atoms with Gasteiger partial charge in [0.15, 0.2) is 0 Å². The zero-order valence-corrected chi connectivity index (χ0v) is 11.2. The molecule has 0 N–H and O–H groups in total. The summed E-state index contributed by atoms with van der Waals surface area (Å²) in [4.78, 5) is 16.5. The van der Waals surface area contributed by atoms with E-state index in [0.717, 1.165) is 27.7 Å². The summed E-state index contributed by atoms with van der Waals surface area (Å²) in [6.07, 6.45) is 3.55. The molecule has 96 valence electrons. The van der Waals surface area contributed by atoms with E-state index in [1.165, 1.54) is 0 Å². The van der Waals surface area contributed by atoms with Crippen molar-refractivity contribution in [2.45, 2.75) is 6.92 Å². The van der Waals surface area contributed by atoms with Gasteiger partial charge in [-0.15, -0.1) is 0 Å². The highest BCUT2D eigenvalue weighted by Gasteiger charge is 2.15. The van der Waals surface area contributed by atoms with Crippen LogP contribution in [0.5, 0.6) is 0 Å². The second-order valence-electron chi connectivity index (χ2n) is 4.77. The minimum Gasteiger partial charge on any atom is -0.334 e. The van der Waals surface area contributed by atoms with Gasteiger partial charge in [0.05, 0.1) is 23.7 Å². The van der Waals surface area contributed by atoms with Crippen LogP contribution in [0.15, 0.2) is 41.6 Å². The van der Waals surface area contributed by atoms with Crippen LogP contribution in [0, 0.1) is 6.92 Å². The van der Waals surface area contributed by atoms with Crippen molar-refractivity contribution in [2.24, 2.45) is 14.1 Å². The number of benzene rings is 1. The van der Waals surface area contributed by atoms with Crippen LogP contribution >= 0.6 is 0 Å². The number of aromatic nitrogens is 3. The summed E-state index contributed by atoms with van der Waals surface area (Å²) < 4.78 is 3.64. The molecule has 2 aromatic heterocycles. The van der Waals surface area contributed by atoms with E-state index in [1.54, 1.807) is 17.1 Å². The van der Waals surface area contributed by atoms with Crippen LogP contribution in [0.4, 0.5) is 0 Å². The van der Waals surface area contributed by atoms with Gasteiger partial charge in [0.2, 0.25) is 0 Å². The Morgan fingerprint density at radius 3 is 2.58 bits per heavy atom. The minimum atomic E-state index is 0.0369. The number of nitrogens with zero attached hydrogens (tertiary/aromatic N) is 3. The molecule has 4 heteroatoms. The predicted octanol–water partition coefficient (Wildman–Crippen LogP) is 2.25. The van der Waals surface area contributed by atoms with E-state index < -0.39 is 0 Å². The molecule has 2 heterocycles. The molecular formula is C15H15N3O. The molecule has 0 unspecified atom stereocenters. The Morgan fingerprint density at radius 2 is 1.89 bits per heavy atom. The standard InChI is InChI=1S/C15H15N3O/c1-10-14(13-8-16-9-17(13)2)11-6-4-5-7-12(11)18(3)15(10)19/h4-9H,1-3H3. The van der Waals surface area contributed by atoms with Crippen molar-refractivity contribution in [3.63, 3.8) is 0 Å². The number of rotatable bonds is 1. The molecule has 0 bridgehead atoms. The zero-order chi connectivity index (χ0) is 13.6. The van der Waals surface area contributed by atoms with Crippen LogP contribution in [0.25, 0.3) is 22.2 Å². The Kier molecular flexibility index (Phi) is 2.52. The van der Waals surface area contributed by atoms with Gasteiger partial charge in [0.25, 0.3) is 5.56 Å². The summed E-state index contributed by atoms with van der Waals surface area (Å²) in [5, 5.41) is 1.07. The Bertz CT molecular complexity index is 827. The lowest BCUT2D eigenvalue weighted by Crippen LogP contribution is -2.21. The van der Waals surface area contributed by atoms with Gasteiger partial charge in [0, 0.05) is 30.6 Å². The summed E-state index contributed by atoms with van der Waals surface area (Å²) >= 11 is 0. The molecule has 1 aromatic carbocycles. The number of para-hydroxylation sites is 1. The molecule has 0 aliphatic carbocycles. The van der Waals surface area contributed by atoms with E-state index in [0.29, 0.717) is 0 Å². The first-order valence-electron chi connectivity index (χ1n) is 6.16. The van der Waals surface area contributed by atoms with Crippen molar-refractivity contribution in [3.8, 4) is 11.3 Å². The zero-order valence-electron chi connectivity index (χ0n) is 11.2. The van der Waals surface area contributed by atoms with Crippen molar-refractivity contribution in [3.05, 3.63) is 52.7 Å².